The predicted molar refractivity (Wildman–Crippen MR) is 49.8 cm³/mol. The molecule has 1 aliphatic rings. The summed E-state index contributed by atoms with van der Waals surface area (Å²) < 4.78 is 0. The Bertz CT molecular complexity index is 310. The Hall–Kier alpha value is -1.51. The molecule has 0 fully saturated rings. The number of rotatable bonds is 2. The summed E-state index contributed by atoms with van der Waals surface area (Å²) in [5.41, 5.74) is 2.29. The molecule has 1 heterocycles. The van der Waals surface area contributed by atoms with E-state index in [4.69, 9.17) is 5.11 Å². The van der Waals surface area contributed by atoms with Crippen molar-refractivity contribution in [2.75, 3.05) is 5.32 Å². The Balaban J connectivity index is 2.09. The van der Waals surface area contributed by atoms with Gasteiger partial charge in [0.2, 0.25) is 0 Å². The van der Waals surface area contributed by atoms with Gasteiger partial charge in [-0.25, -0.2) is 0 Å². The predicted octanol–water partition coefficient (Wildman–Crippen LogP) is 1.50. The number of carboxylic acid groups (broad SMARTS) is 1. The van der Waals surface area contributed by atoms with Gasteiger partial charge in [-0.2, -0.15) is 0 Å². The van der Waals surface area contributed by atoms with Gasteiger partial charge in [0.05, 0.1) is 6.42 Å². The Morgan fingerprint density at radius 2 is 2.31 bits per heavy atom. The summed E-state index contributed by atoms with van der Waals surface area (Å²) in [6, 6.07) is 8.01. The molecule has 0 saturated carbocycles. The lowest BCUT2D eigenvalue weighted by Crippen LogP contribution is -2.19. The Morgan fingerprint density at radius 1 is 1.54 bits per heavy atom. The van der Waals surface area contributed by atoms with Crippen LogP contribution in [0.4, 0.5) is 5.69 Å². The van der Waals surface area contributed by atoms with E-state index >= 15 is 0 Å². The van der Waals surface area contributed by atoms with Crippen LogP contribution >= 0.6 is 0 Å². The van der Waals surface area contributed by atoms with Crippen molar-refractivity contribution in [2.45, 2.75) is 18.9 Å². The molecular formula is C10H11NO2. The van der Waals surface area contributed by atoms with Gasteiger partial charge in [-0.15, -0.1) is 0 Å². The normalized spacial score (nSPS) is 19.2. The maximum absolute atomic E-state index is 10.5. The summed E-state index contributed by atoms with van der Waals surface area (Å²) in [6.45, 7) is 0. The van der Waals surface area contributed by atoms with Crippen LogP contribution in [0.2, 0.25) is 0 Å². The largest absolute Gasteiger partial charge is 0.481 e. The minimum Gasteiger partial charge on any atom is -0.481 e. The Morgan fingerprint density at radius 3 is 3.00 bits per heavy atom. The topological polar surface area (TPSA) is 49.3 Å². The molecule has 0 aromatic heterocycles. The number of anilines is 1. The van der Waals surface area contributed by atoms with Crippen LogP contribution in [-0.2, 0) is 11.2 Å². The van der Waals surface area contributed by atoms with Crippen molar-refractivity contribution in [3.63, 3.8) is 0 Å². The van der Waals surface area contributed by atoms with Crippen LogP contribution in [0, 0.1) is 0 Å². The third-order valence-electron chi connectivity index (χ3n) is 2.26. The van der Waals surface area contributed by atoms with Gasteiger partial charge in [-0.3, -0.25) is 4.79 Å². The fourth-order valence-corrected chi connectivity index (χ4v) is 1.71. The van der Waals surface area contributed by atoms with Crippen molar-refractivity contribution in [2.24, 2.45) is 0 Å². The lowest BCUT2D eigenvalue weighted by atomic mass is 10.1. The second-order valence-corrected chi connectivity index (χ2v) is 3.30. The number of aliphatic carboxylic acids is 1. The van der Waals surface area contributed by atoms with Gasteiger partial charge in [0.15, 0.2) is 0 Å². The lowest BCUT2D eigenvalue weighted by molar-refractivity contribution is -0.137. The minimum atomic E-state index is -0.745. The first-order valence-electron chi connectivity index (χ1n) is 4.32. The van der Waals surface area contributed by atoms with Crippen molar-refractivity contribution in [3.8, 4) is 0 Å². The monoisotopic (exact) mass is 177 g/mol. The first kappa shape index (κ1) is 8.10. The van der Waals surface area contributed by atoms with Crippen molar-refractivity contribution < 1.29 is 9.90 Å². The molecule has 0 bridgehead atoms. The van der Waals surface area contributed by atoms with Crippen LogP contribution in [0.3, 0.4) is 0 Å². The number of carboxylic acids is 1. The van der Waals surface area contributed by atoms with Gasteiger partial charge in [0, 0.05) is 11.7 Å². The molecule has 1 aliphatic heterocycles. The van der Waals surface area contributed by atoms with Crippen molar-refractivity contribution >= 4 is 11.7 Å². The third-order valence-corrected chi connectivity index (χ3v) is 2.26. The molecule has 3 heteroatoms. The molecule has 2 rings (SSSR count). The highest BCUT2D eigenvalue weighted by atomic mass is 16.4. The molecular weight excluding hydrogens is 166 g/mol. The van der Waals surface area contributed by atoms with Crippen LogP contribution in [0.5, 0.6) is 0 Å². The summed E-state index contributed by atoms with van der Waals surface area (Å²) >= 11 is 0. The molecule has 0 radical (unpaired) electrons. The highest BCUT2D eigenvalue weighted by Crippen LogP contribution is 2.26. The third kappa shape index (κ3) is 1.64. The van der Waals surface area contributed by atoms with Gasteiger partial charge < -0.3 is 10.4 Å². The number of hydrogen-bond acceptors (Lipinski definition) is 2. The quantitative estimate of drug-likeness (QED) is 0.719. The molecule has 0 amide bonds. The van der Waals surface area contributed by atoms with Crippen LogP contribution in [-0.4, -0.2) is 17.1 Å². The zero-order valence-electron chi connectivity index (χ0n) is 7.16. The first-order valence-corrected chi connectivity index (χ1v) is 4.32. The second kappa shape index (κ2) is 3.09. The molecule has 68 valence electrons. The summed E-state index contributed by atoms with van der Waals surface area (Å²) in [6.07, 6.45) is 1.01. The van der Waals surface area contributed by atoms with E-state index in [0.29, 0.717) is 0 Å². The van der Waals surface area contributed by atoms with Crippen LogP contribution in [0.25, 0.3) is 0 Å². The van der Waals surface area contributed by atoms with Crippen LogP contribution in [0.1, 0.15) is 12.0 Å². The number of hydrogen-bond donors (Lipinski definition) is 2. The zero-order valence-corrected chi connectivity index (χ0v) is 7.16. The van der Waals surface area contributed by atoms with Crippen LogP contribution in [0.15, 0.2) is 24.3 Å². The summed E-state index contributed by atoms with van der Waals surface area (Å²) in [7, 11) is 0. The second-order valence-electron chi connectivity index (χ2n) is 3.30. The molecule has 1 atom stereocenters. The molecule has 2 N–H and O–H groups in total. The van der Waals surface area contributed by atoms with E-state index in [2.05, 4.69) is 5.32 Å². The van der Waals surface area contributed by atoms with E-state index in [1.54, 1.807) is 0 Å². The van der Waals surface area contributed by atoms with E-state index in [9.17, 15) is 4.79 Å². The summed E-state index contributed by atoms with van der Waals surface area (Å²) in [5, 5.41) is 11.8. The van der Waals surface area contributed by atoms with Crippen LogP contribution < -0.4 is 5.32 Å². The van der Waals surface area contributed by atoms with Gasteiger partial charge >= 0.3 is 5.97 Å². The van der Waals surface area contributed by atoms with Crippen molar-refractivity contribution in [1.82, 2.24) is 0 Å². The average Bonchev–Trinajstić information content (AvgIpc) is 2.44. The molecule has 3 nitrogen and oxygen atoms in total. The summed E-state index contributed by atoms with van der Waals surface area (Å²) in [5.74, 6) is -0.745. The van der Waals surface area contributed by atoms with Gasteiger partial charge in [-0.05, 0) is 18.1 Å². The first-order chi connectivity index (χ1) is 6.25. The minimum absolute atomic E-state index is 0.0647. The molecule has 0 saturated heterocycles. The van der Waals surface area contributed by atoms with Crippen molar-refractivity contribution in [3.05, 3.63) is 29.8 Å². The average molecular weight is 177 g/mol. The maximum Gasteiger partial charge on any atom is 0.305 e. The Labute approximate surface area is 76.4 Å². The molecule has 13 heavy (non-hydrogen) atoms. The number of nitrogens with one attached hydrogen (secondary N) is 1. The standard InChI is InChI=1S/C10H11NO2/c12-10(13)6-8-5-7-3-1-2-4-9(7)11-8/h1-4,8,11H,5-6H2,(H,12,13)/t8-/m0/s1. The highest BCUT2D eigenvalue weighted by molar-refractivity contribution is 5.70. The highest BCUT2D eigenvalue weighted by Gasteiger charge is 2.21. The lowest BCUT2D eigenvalue weighted by Gasteiger charge is -2.06. The molecule has 0 aliphatic carbocycles. The molecule has 1 aromatic rings. The number of fused-ring (bicyclic) bond motifs is 1. The number of benzene rings is 1. The number of carbonyl (C=O) groups is 1. The fraction of sp³-hybridized carbons (Fsp3) is 0.300. The molecule has 0 unspecified atom stereocenters. The van der Waals surface area contributed by atoms with E-state index in [0.717, 1.165) is 12.1 Å². The summed E-state index contributed by atoms with van der Waals surface area (Å²) in [4.78, 5) is 10.5. The van der Waals surface area contributed by atoms with E-state index in [-0.39, 0.29) is 12.5 Å². The van der Waals surface area contributed by atoms with E-state index < -0.39 is 5.97 Å². The molecule has 1 aromatic carbocycles. The zero-order chi connectivity index (χ0) is 9.26. The maximum atomic E-state index is 10.5. The van der Waals surface area contributed by atoms with E-state index in [1.807, 2.05) is 24.3 Å². The Kier molecular flexibility index (Phi) is 1.93. The van der Waals surface area contributed by atoms with E-state index in [1.165, 1.54) is 5.56 Å². The van der Waals surface area contributed by atoms with Gasteiger partial charge in [0.1, 0.15) is 0 Å². The smallest absolute Gasteiger partial charge is 0.305 e. The van der Waals surface area contributed by atoms with Gasteiger partial charge in [-0.1, -0.05) is 18.2 Å². The van der Waals surface area contributed by atoms with Gasteiger partial charge in [0.25, 0.3) is 0 Å². The SMILES string of the molecule is O=C(O)C[C@@H]1Cc2ccccc2N1. The fourth-order valence-electron chi connectivity index (χ4n) is 1.71. The number of para-hydroxylation sites is 1. The van der Waals surface area contributed by atoms with Crippen molar-refractivity contribution in [1.29, 1.82) is 0 Å². The molecule has 0 spiro atoms.